The standard InChI is InChI=1S/C12H20N2O/c1-3-12(10-15-2)14(13)9-11-7-5-4-6-8-11/h4-8,12H,3,9-10,13H2,1-2H3/t12-/m1/s1. The molecular formula is C12H20N2O. The van der Waals surface area contributed by atoms with E-state index in [-0.39, 0.29) is 6.04 Å². The van der Waals surface area contributed by atoms with Crippen LogP contribution in [0.5, 0.6) is 0 Å². The van der Waals surface area contributed by atoms with Crippen molar-refractivity contribution in [2.75, 3.05) is 13.7 Å². The maximum atomic E-state index is 6.00. The van der Waals surface area contributed by atoms with Crippen molar-refractivity contribution in [3.8, 4) is 0 Å². The normalized spacial score (nSPS) is 13.1. The van der Waals surface area contributed by atoms with E-state index < -0.39 is 0 Å². The lowest BCUT2D eigenvalue weighted by atomic mass is 10.2. The quantitative estimate of drug-likeness (QED) is 0.572. The molecule has 0 spiro atoms. The molecule has 0 bridgehead atoms. The number of rotatable bonds is 6. The Balaban J connectivity index is 2.50. The van der Waals surface area contributed by atoms with E-state index in [9.17, 15) is 0 Å². The first-order chi connectivity index (χ1) is 7.27. The van der Waals surface area contributed by atoms with Gasteiger partial charge in [-0.3, -0.25) is 5.84 Å². The molecule has 1 aromatic carbocycles. The number of hydrazine groups is 1. The van der Waals surface area contributed by atoms with Crippen LogP contribution in [0.1, 0.15) is 18.9 Å². The first-order valence-electron chi connectivity index (χ1n) is 5.32. The molecular weight excluding hydrogens is 188 g/mol. The second-order valence-electron chi connectivity index (χ2n) is 3.68. The van der Waals surface area contributed by atoms with E-state index in [1.54, 1.807) is 7.11 Å². The van der Waals surface area contributed by atoms with Gasteiger partial charge in [0, 0.05) is 19.7 Å². The fourth-order valence-corrected chi connectivity index (χ4v) is 1.56. The summed E-state index contributed by atoms with van der Waals surface area (Å²) in [6.07, 6.45) is 0.997. The largest absolute Gasteiger partial charge is 0.383 e. The molecule has 0 fully saturated rings. The summed E-state index contributed by atoms with van der Waals surface area (Å²) < 4.78 is 5.13. The lowest BCUT2D eigenvalue weighted by Crippen LogP contribution is -2.42. The van der Waals surface area contributed by atoms with Gasteiger partial charge in [0.25, 0.3) is 0 Å². The molecule has 0 saturated heterocycles. The van der Waals surface area contributed by atoms with Gasteiger partial charge in [-0.2, -0.15) is 0 Å². The highest BCUT2D eigenvalue weighted by atomic mass is 16.5. The Morgan fingerprint density at radius 3 is 2.53 bits per heavy atom. The van der Waals surface area contributed by atoms with Crippen LogP contribution in [0, 0.1) is 0 Å². The third-order valence-electron chi connectivity index (χ3n) is 2.51. The van der Waals surface area contributed by atoms with E-state index in [1.165, 1.54) is 5.56 Å². The zero-order valence-electron chi connectivity index (χ0n) is 9.52. The molecule has 1 atom stereocenters. The van der Waals surface area contributed by atoms with E-state index in [4.69, 9.17) is 10.6 Å². The van der Waals surface area contributed by atoms with Crippen LogP contribution in [0.2, 0.25) is 0 Å². The number of ether oxygens (including phenoxy) is 1. The van der Waals surface area contributed by atoms with Crippen LogP contribution >= 0.6 is 0 Å². The van der Waals surface area contributed by atoms with Crippen molar-refractivity contribution in [2.24, 2.45) is 5.84 Å². The highest BCUT2D eigenvalue weighted by Crippen LogP contribution is 2.06. The molecule has 15 heavy (non-hydrogen) atoms. The highest BCUT2D eigenvalue weighted by Gasteiger charge is 2.12. The third kappa shape index (κ3) is 4.00. The average Bonchev–Trinajstić information content (AvgIpc) is 2.27. The Morgan fingerprint density at radius 2 is 2.00 bits per heavy atom. The van der Waals surface area contributed by atoms with Crippen molar-refractivity contribution in [2.45, 2.75) is 25.9 Å². The van der Waals surface area contributed by atoms with E-state index in [1.807, 2.05) is 23.2 Å². The smallest absolute Gasteiger partial charge is 0.0631 e. The zero-order chi connectivity index (χ0) is 11.1. The fraction of sp³-hybridized carbons (Fsp3) is 0.500. The van der Waals surface area contributed by atoms with Crippen molar-refractivity contribution in [1.82, 2.24) is 5.01 Å². The van der Waals surface area contributed by atoms with Gasteiger partial charge in [0.05, 0.1) is 6.61 Å². The molecule has 0 saturated carbocycles. The van der Waals surface area contributed by atoms with Gasteiger partial charge >= 0.3 is 0 Å². The van der Waals surface area contributed by atoms with Gasteiger partial charge in [-0.05, 0) is 12.0 Å². The van der Waals surface area contributed by atoms with Crippen LogP contribution in [-0.2, 0) is 11.3 Å². The molecule has 84 valence electrons. The van der Waals surface area contributed by atoms with E-state index >= 15 is 0 Å². The summed E-state index contributed by atoms with van der Waals surface area (Å²) >= 11 is 0. The van der Waals surface area contributed by atoms with Crippen molar-refractivity contribution >= 4 is 0 Å². The molecule has 0 aliphatic rings. The van der Waals surface area contributed by atoms with Gasteiger partial charge in [0.1, 0.15) is 0 Å². The minimum Gasteiger partial charge on any atom is -0.383 e. The first-order valence-corrected chi connectivity index (χ1v) is 5.32. The minimum atomic E-state index is 0.287. The summed E-state index contributed by atoms with van der Waals surface area (Å²) in [4.78, 5) is 0. The van der Waals surface area contributed by atoms with Crippen LogP contribution in [0.4, 0.5) is 0 Å². The van der Waals surface area contributed by atoms with Gasteiger partial charge in [0.2, 0.25) is 0 Å². The number of nitrogens with two attached hydrogens (primary N) is 1. The molecule has 2 N–H and O–H groups in total. The van der Waals surface area contributed by atoms with Gasteiger partial charge in [-0.25, -0.2) is 5.01 Å². The summed E-state index contributed by atoms with van der Waals surface area (Å²) in [7, 11) is 1.71. The molecule has 0 aromatic heterocycles. The molecule has 0 radical (unpaired) electrons. The fourth-order valence-electron chi connectivity index (χ4n) is 1.56. The molecule has 3 nitrogen and oxygen atoms in total. The Bertz CT molecular complexity index is 264. The summed E-state index contributed by atoms with van der Waals surface area (Å²) in [5.41, 5.74) is 1.23. The predicted molar refractivity (Wildman–Crippen MR) is 62.1 cm³/mol. The molecule has 1 rings (SSSR count). The van der Waals surface area contributed by atoms with Gasteiger partial charge in [0.15, 0.2) is 0 Å². The van der Waals surface area contributed by atoms with Crippen molar-refractivity contribution in [3.05, 3.63) is 35.9 Å². The molecule has 3 heteroatoms. The average molecular weight is 208 g/mol. The number of hydrogen-bond acceptors (Lipinski definition) is 3. The minimum absolute atomic E-state index is 0.287. The summed E-state index contributed by atoms with van der Waals surface area (Å²) in [6, 6.07) is 10.5. The first kappa shape index (κ1) is 12.2. The second kappa shape index (κ2) is 6.56. The second-order valence-corrected chi connectivity index (χ2v) is 3.68. The zero-order valence-corrected chi connectivity index (χ0v) is 9.52. The van der Waals surface area contributed by atoms with Crippen molar-refractivity contribution < 1.29 is 4.74 Å². The number of methoxy groups -OCH3 is 1. The van der Waals surface area contributed by atoms with E-state index in [0.29, 0.717) is 6.61 Å². The Kier molecular flexibility index (Phi) is 5.32. The van der Waals surface area contributed by atoms with Crippen molar-refractivity contribution in [1.29, 1.82) is 0 Å². The van der Waals surface area contributed by atoms with E-state index in [0.717, 1.165) is 13.0 Å². The number of nitrogens with zero attached hydrogens (tertiary/aromatic N) is 1. The van der Waals surface area contributed by atoms with Crippen LogP contribution in [0.15, 0.2) is 30.3 Å². The maximum absolute atomic E-state index is 6.00. The molecule has 0 amide bonds. The summed E-state index contributed by atoms with van der Waals surface area (Å²) in [5, 5.41) is 1.85. The molecule has 0 unspecified atom stereocenters. The molecule has 0 heterocycles. The van der Waals surface area contributed by atoms with Gasteiger partial charge < -0.3 is 4.74 Å². The SMILES string of the molecule is CC[C@H](COC)N(N)Cc1ccccc1. The topological polar surface area (TPSA) is 38.5 Å². The van der Waals surface area contributed by atoms with Gasteiger partial charge in [-0.1, -0.05) is 37.3 Å². The highest BCUT2D eigenvalue weighted by molar-refractivity contribution is 5.14. The molecule has 0 aliphatic heterocycles. The monoisotopic (exact) mass is 208 g/mol. The van der Waals surface area contributed by atoms with Crippen LogP contribution in [-0.4, -0.2) is 24.8 Å². The van der Waals surface area contributed by atoms with Crippen LogP contribution < -0.4 is 5.84 Å². The van der Waals surface area contributed by atoms with E-state index in [2.05, 4.69) is 19.1 Å². The third-order valence-corrected chi connectivity index (χ3v) is 2.51. The summed E-state index contributed by atoms with van der Waals surface area (Å²) in [5.74, 6) is 6.00. The Hall–Kier alpha value is -0.900. The van der Waals surface area contributed by atoms with Crippen molar-refractivity contribution in [3.63, 3.8) is 0 Å². The Labute approximate surface area is 91.8 Å². The van der Waals surface area contributed by atoms with Gasteiger partial charge in [-0.15, -0.1) is 0 Å². The van der Waals surface area contributed by atoms with Crippen LogP contribution in [0.3, 0.4) is 0 Å². The molecule has 0 aliphatic carbocycles. The summed E-state index contributed by atoms with van der Waals surface area (Å²) in [6.45, 7) is 3.57. The Morgan fingerprint density at radius 1 is 1.33 bits per heavy atom. The number of hydrogen-bond donors (Lipinski definition) is 1. The predicted octanol–water partition coefficient (Wildman–Crippen LogP) is 1.79. The lowest BCUT2D eigenvalue weighted by Gasteiger charge is -2.25. The maximum Gasteiger partial charge on any atom is 0.0631 e. The lowest BCUT2D eigenvalue weighted by molar-refractivity contribution is 0.0828. The van der Waals surface area contributed by atoms with Crippen LogP contribution in [0.25, 0.3) is 0 Å². The molecule has 1 aromatic rings. The number of benzene rings is 1.